The van der Waals surface area contributed by atoms with Gasteiger partial charge < -0.3 is 15.4 Å². The van der Waals surface area contributed by atoms with E-state index < -0.39 is 10.0 Å². The summed E-state index contributed by atoms with van der Waals surface area (Å²) in [6.07, 6.45) is 3.04. The second kappa shape index (κ2) is 12.3. The number of halogens is 1. The van der Waals surface area contributed by atoms with Crippen LogP contribution in [0.15, 0.2) is 4.99 Å². The van der Waals surface area contributed by atoms with E-state index in [0.29, 0.717) is 19.0 Å². The third-order valence-electron chi connectivity index (χ3n) is 4.72. The monoisotopic (exact) mass is 503 g/mol. The number of hydrogen-bond donors (Lipinski definition) is 2. The second-order valence-corrected chi connectivity index (χ2v) is 8.69. The number of guanidine groups is 1. The van der Waals surface area contributed by atoms with Crippen LogP contribution in [0.5, 0.6) is 0 Å². The zero-order chi connectivity index (χ0) is 18.1. The van der Waals surface area contributed by atoms with Crippen molar-refractivity contribution in [3.63, 3.8) is 0 Å². The van der Waals surface area contributed by atoms with E-state index in [1.807, 2.05) is 0 Å². The topological polar surface area (TPSA) is 86.3 Å². The minimum absolute atomic E-state index is 0. The van der Waals surface area contributed by atoms with Crippen LogP contribution in [0.2, 0.25) is 0 Å². The molecular weight excluding hydrogens is 469 g/mol. The Morgan fingerprint density at radius 2 is 1.81 bits per heavy atom. The maximum Gasteiger partial charge on any atom is 0.211 e. The molecule has 2 fully saturated rings. The molecule has 0 bridgehead atoms. The van der Waals surface area contributed by atoms with Crippen molar-refractivity contribution >= 4 is 40.0 Å². The lowest BCUT2D eigenvalue weighted by atomic mass is 9.98. The lowest BCUT2D eigenvalue weighted by Gasteiger charge is -2.29. The van der Waals surface area contributed by atoms with Crippen LogP contribution in [-0.2, 0) is 14.8 Å². The maximum atomic E-state index is 11.6. The van der Waals surface area contributed by atoms with Gasteiger partial charge in [0.1, 0.15) is 0 Å². The second-order valence-electron chi connectivity index (χ2n) is 6.71. The molecule has 2 rings (SSSR count). The molecule has 0 aromatic carbocycles. The highest BCUT2D eigenvalue weighted by Crippen LogP contribution is 2.19. The van der Waals surface area contributed by atoms with Crippen molar-refractivity contribution in [2.24, 2.45) is 10.9 Å². The van der Waals surface area contributed by atoms with Gasteiger partial charge in [-0.25, -0.2) is 12.7 Å². The maximum absolute atomic E-state index is 11.6. The summed E-state index contributed by atoms with van der Waals surface area (Å²) >= 11 is 0. The van der Waals surface area contributed by atoms with Crippen molar-refractivity contribution in [2.45, 2.75) is 19.8 Å². The Kier molecular flexibility index (Phi) is 11.3. The van der Waals surface area contributed by atoms with E-state index in [0.717, 1.165) is 71.3 Å². The summed E-state index contributed by atoms with van der Waals surface area (Å²) in [6.45, 7) is 10.3. The van der Waals surface area contributed by atoms with Gasteiger partial charge in [-0.05, 0) is 25.7 Å². The molecular formula is C16H34IN5O3S. The largest absolute Gasteiger partial charge is 0.379 e. The fourth-order valence-electron chi connectivity index (χ4n) is 3.14. The first-order valence-electron chi connectivity index (χ1n) is 9.26. The van der Waals surface area contributed by atoms with Crippen molar-refractivity contribution in [2.75, 3.05) is 71.8 Å². The summed E-state index contributed by atoms with van der Waals surface area (Å²) in [5.41, 5.74) is 0. The summed E-state index contributed by atoms with van der Waals surface area (Å²) in [4.78, 5) is 7.08. The molecule has 154 valence electrons. The van der Waals surface area contributed by atoms with Gasteiger partial charge in [-0.1, -0.05) is 0 Å². The Hall–Kier alpha value is -0.170. The van der Waals surface area contributed by atoms with E-state index >= 15 is 0 Å². The fourth-order valence-corrected chi connectivity index (χ4v) is 4.02. The van der Waals surface area contributed by atoms with Crippen LogP contribution >= 0.6 is 24.0 Å². The molecule has 10 heteroatoms. The highest BCUT2D eigenvalue weighted by atomic mass is 127. The predicted molar refractivity (Wildman–Crippen MR) is 116 cm³/mol. The molecule has 2 aliphatic rings. The number of ether oxygens (including phenoxy) is 1. The van der Waals surface area contributed by atoms with E-state index in [2.05, 4.69) is 22.5 Å². The van der Waals surface area contributed by atoms with Crippen molar-refractivity contribution in [1.82, 2.24) is 19.8 Å². The Labute approximate surface area is 175 Å². The molecule has 8 nitrogen and oxygen atoms in total. The van der Waals surface area contributed by atoms with Crippen LogP contribution < -0.4 is 10.6 Å². The SMILES string of the molecule is CCNC(=NCC1CCN(S(C)(=O)=O)CC1)NCCN1CCOCC1.I. The van der Waals surface area contributed by atoms with Crippen molar-refractivity contribution in [3.8, 4) is 0 Å². The summed E-state index contributed by atoms with van der Waals surface area (Å²) in [5.74, 6) is 1.30. The van der Waals surface area contributed by atoms with E-state index in [1.165, 1.54) is 6.26 Å². The molecule has 2 heterocycles. The fraction of sp³-hybridized carbons (Fsp3) is 0.938. The highest BCUT2D eigenvalue weighted by molar-refractivity contribution is 14.0. The van der Waals surface area contributed by atoms with Crippen LogP contribution in [0.25, 0.3) is 0 Å². The van der Waals surface area contributed by atoms with Crippen LogP contribution in [0, 0.1) is 5.92 Å². The minimum atomic E-state index is -3.05. The Balaban J connectivity index is 0.00000338. The quantitative estimate of drug-likeness (QED) is 0.293. The highest BCUT2D eigenvalue weighted by Gasteiger charge is 2.24. The zero-order valence-electron chi connectivity index (χ0n) is 15.9. The van der Waals surface area contributed by atoms with Crippen molar-refractivity contribution in [1.29, 1.82) is 0 Å². The number of hydrogen-bond acceptors (Lipinski definition) is 5. The lowest BCUT2D eigenvalue weighted by molar-refractivity contribution is 0.0389. The summed E-state index contributed by atoms with van der Waals surface area (Å²) in [5, 5.41) is 6.67. The van der Waals surface area contributed by atoms with Gasteiger partial charge in [-0.3, -0.25) is 9.89 Å². The van der Waals surface area contributed by atoms with Gasteiger partial charge in [-0.2, -0.15) is 0 Å². The zero-order valence-corrected chi connectivity index (χ0v) is 19.1. The Morgan fingerprint density at radius 3 is 2.38 bits per heavy atom. The van der Waals surface area contributed by atoms with Crippen LogP contribution in [0.1, 0.15) is 19.8 Å². The summed E-state index contributed by atoms with van der Waals surface area (Å²) in [7, 11) is -3.05. The molecule has 0 aromatic heterocycles. The molecule has 0 atom stereocenters. The van der Waals surface area contributed by atoms with Crippen LogP contribution in [-0.4, -0.2) is 95.4 Å². The average Bonchev–Trinajstić information content (AvgIpc) is 2.60. The van der Waals surface area contributed by atoms with E-state index in [9.17, 15) is 8.42 Å². The molecule has 0 unspecified atom stereocenters. The van der Waals surface area contributed by atoms with Crippen molar-refractivity contribution in [3.05, 3.63) is 0 Å². The van der Waals surface area contributed by atoms with Crippen LogP contribution in [0.3, 0.4) is 0 Å². The Bertz CT molecular complexity index is 518. The third kappa shape index (κ3) is 8.68. The first-order valence-corrected chi connectivity index (χ1v) is 11.1. The normalized spacial score (nSPS) is 21.2. The van der Waals surface area contributed by atoms with Gasteiger partial charge in [0.2, 0.25) is 10.0 Å². The average molecular weight is 503 g/mol. The number of aliphatic imine (C=N–C) groups is 1. The number of sulfonamides is 1. The minimum Gasteiger partial charge on any atom is -0.379 e. The number of nitrogens with zero attached hydrogens (tertiary/aromatic N) is 3. The number of nitrogens with one attached hydrogen (secondary N) is 2. The smallest absolute Gasteiger partial charge is 0.211 e. The predicted octanol–water partition coefficient (Wildman–Crippen LogP) is 0.163. The Morgan fingerprint density at radius 1 is 1.15 bits per heavy atom. The number of morpholine rings is 1. The van der Waals surface area contributed by atoms with Crippen molar-refractivity contribution < 1.29 is 13.2 Å². The standard InChI is InChI=1S/C16H33N5O3S.HI/c1-3-17-16(18-6-9-20-10-12-24-13-11-20)19-14-15-4-7-21(8-5-15)25(2,22)23;/h15H,3-14H2,1-2H3,(H2,17,18,19);1H. The number of piperidine rings is 1. The van der Waals surface area contributed by atoms with Gasteiger partial charge in [0.15, 0.2) is 5.96 Å². The first-order chi connectivity index (χ1) is 12.0. The van der Waals surface area contributed by atoms with Gasteiger partial charge in [-0.15, -0.1) is 24.0 Å². The summed E-state index contributed by atoms with van der Waals surface area (Å²) < 4.78 is 30.0. The third-order valence-corrected chi connectivity index (χ3v) is 6.02. The molecule has 0 spiro atoms. The van der Waals surface area contributed by atoms with Gasteiger partial charge in [0.05, 0.1) is 19.5 Å². The molecule has 2 aliphatic heterocycles. The van der Waals surface area contributed by atoms with Gasteiger partial charge >= 0.3 is 0 Å². The molecule has 0 radical (unpaired) electrons. The molecule has 0 saturated carbocycles. The molecule has 26 heavy (non-hydrogen) atoms. The van der Waals surface area contributed by atoms with Gasteiger partial charge in [0, 0.05) is 52.4 Å². The first kappa shape index (κ1) is 23.9. The lowest BCUT2D eigenvalue weighted by Crippen LogP contribution is -2.44. The van der Waals surface area contributed by atoms with E-state index in [1.54, 1.807) is 4.31 Å². The molecule has 0 aromatic rings. The summed E-state index contributed by atoms with van der Waals surface area (Å²) in [6, 6.07) is 0. The van der Waals surface area contributed by atoms with Crippen LogP contribution in [0.4, 0.5) is 0 Å². The van der Waals surface area contributed by atoms with E-state index in [-0.39, 0.29) is 24.0 Å². The van der Waals surface area contributed by atoms with Gasteiger partial charge in [0.25, 0.3) is 0 Å². The molecule has 0 amide bonds. The number of rotatable bonds is 7. The molecule has 2 saturated heterocycles. The molecule has 0 aliphatic carbocycles. The van der Waals surface area contributed by atoms with E-state index in [4.69, 9.17) is 9.73 Å². The molecule has 2 N–H and O–H groups in total.